The summed E-state index contributed by atoms with van der Waals surface area (Å²) in [6.45, 7) is 12.3. The molecule has 0 radical (unpaired) electrons. The van der Waals surface area contributed by atoms with E-state index in [0.717, 1.165) is 19.6 Å². The average molecular weight is 404 g/mol. The van der Waals surface area contributed by atoms with Crippen LogP contribution in [0.3, 0.4) is 0 Å². The summed E-state index contributed by atoms with van der Waals surface area (Å²) >= 11 is 0. The summed E-state index contributed by atoms with van der Waals surface area (Å²) in [5, 5.41) is 3.09. The average Bonchev–Trinajstić information content (AvgIpc) is 2.43. The van der Waals surface area contributed by atoms with E-state index >= 15 is 0 Å². The molecule has 0 unspecified atom stereocenters. The monoisotopic (exact) mass is 404 g/mol. The lowest BCUT2D eigenvalue weighted by atomic mass is 10.1. The van der Waals surface area contributed by atoms with E-state index in [1.54, 1.807) is 0 Å². The summed E-state index contributed by atoms with van der Waals surface area (Å²) in [7, 11) is 0. The molecule has 21 heavy (non-hydrogen) atoms. The van der Waals surface area contributed by atoms with E-state index in [9.17, 15) is 0 Å². The second-order valence-electron chi connectivity index (χ2n) is 5.28. The lowest BCUT2D eigenvalue weighted by molar-refractivity contribution is 0.296. The molecule has 0 heterocycles. The number of nitrogens with two attached hydrogens (primary N) is 1. The molecule has 0 saturated carbocycles. The SMILES string of the molecule is CCN(CC)Cc1ccc(CN=C(N)NC(C)C)cc1.I. The summed E-state index contributed by atoms with van der Waals surface area (Å²) in [5.41, 5.74) is 8.31. The predicted octanol–water partition coefficient (Wildman–Crippen LogP) is 2.96. The highest BCUT2D eigenvalue weighted by Crippen LogP contribution is 2.08. The molecule has 0 aromatic heterocycles. The van der Waals surface area contributed by atoms with E-state index < -0.39 is 0 Å². The minimum Gasteiger partial charge on any atom is -0.370 e. The van der Waals surface area contributed by atoms with Crippen LogP contribution in [0, 0.1) is 0 Å². The number of hydrogen-bond donors (Lipinski definition) is 2. The molecule has 0 aliphatic carbocycles. The topological polar surface area (TPSA) is 53.6 Å². The van der Waals surface area contributed by atoms with Gasteiger partial charge in [0.15, 0.2) is 5.96 Å². The molecule has 0 fully saturated rings. The molecule has 0 atom stereocenters. The Kier molecular flexibility index (Phi) is 10.4. The Morgan fingerprint density at radius 1 is 1.14 bits per heavy atom. The number of halogens is 1. The second kappa shape index (κ2) is 10.8. The fraction of sp³-hybridized carbons (Fsp3) is 0.562. The van der Waals surface area contributed by atoms with Gasteiger partial charge in [-0.25, -0.2) is 4.99 Å². The largest absolute Gasteiger partial charge is 0.370 e. The van der Waals surface area contributed by atoms with Crippen molar-refractivity contribution in [2.75, 3.05) is 13.1 Å². The maximum absolute atomic E-state index is 5.79. The molecule has 0 amide bonds. The molecule has 3 N–H and O–H groups in total. The standard InChI is InChI=1S/C16H28N4.HI/c1-5-20(6-2)12-15-9-7-14(8-10-15)11-18-16(17)19-13(3)4;/h7-10,13H,5-6,11-12H2,1-4H3,(H3,17,18,19);1H. The van der Waals surface area contributed by atoms with Crippen LogP contribution in [0.15, 0.2) is 29.3 Å². The van der Waals surface area contributed by atoms with Crippen LogP contribution in [0.1, 0.15) is 38.8 Å². The summed E-state index contributed by atoms with van der Waals surface area (Å²) in [6.07, 6.45) is 0. The fourth-order valence-electron chi connectivity index (χ4n) is 1.97. The van der Waals surface area contributed by atoms with Gasteiger partial charge in [-0.05, 0) is 38.1 Å². The van der Waals surface area contributed by atoms with Gasteiger partial charge < -0.3 is 11.1 Å². The van der Waals surface area contributed by atoms with Gasteiger partial charge in [-0.3, -0.25) is 4.90 Å². The van der Waals surface area contributed by atoms with Crippen LogP contribution in [-0.4, -0.2) is 30.0 Å². The van der Waals surface area contributed by atoms with Crippen LogP contribution < -0.4 is 11.1 Å². The number of benzene rings is 1. The van der Waals surface area contributed by atoms with Crippen molar-refractivity contribution in [2.24, 2.45) is 10.7 Å². The Balaban J connectivity index is 0.00000400. The van der Waals surface area contributed by atoms with Crippen molar-refractivity contribution in [1.82, 2.24) is 10.2 Å². The smallest absolute Gasteiger partial charge is 0.189 e. The van der Waals surface area contributed by atoms with Crippen molar-refractivity contribution < 1.29 is 0 Å². The van der Waals surface area contributed by atoms with Crippen molar-refractivity contribution >= 4 is 29.9 Å². The Hall–Kier alpha value is -0.820. The van der Waals surface area contributed by atoms with Crippen LogP contribution >= 0.6 is 24.0 Å². The highest BCUT2D eigenvalue weighted by molar-refractivity contribution is 14.0. The van der Waals surface area contributed by atoms with E-state index in [0.29, 0.717) is 18.5 Å². The van der Waals surface area contributed by atoms with E-state index in [1.165, 1.54) is 11.1 Å². The molecule has 0 aliphatic heterocycles. The predicted molar refractivity (Wildman–Crippen MR) is 102 cm³/mol. The minimum atomic E-state index is 0. The van der Waals surface area contributed by atoms with E-state index in [2.05, 4.69) is 53.3 Å². The third-order valence-electron chi connectivity index (χ3n) is 3.19. The molecule has 0 spiro atoms. The Morgan fingerprint density at radius 2 is 1.67 bits per heavy atom. The molecule has 0 bridgehead atoms. The van der Waals surface area contributed by atoms with Gasteiger partial charge in [0, 0.05) is 12.6 Å². The van der Waals surface area contributed by atoms with Crippen LogP contribution in [-0.2, 0) is 13.1 Å². The van der Waals surface area contributed by atoms with Crippen molar-refractivity contribution in [1.29, 1.82) is 0 Å². The van der Waals surface area contributed by atoms with E-state index in [-0.39, 0.29) is 24.0 Å². The number of nitrogens with zero attached hydrogens (tertiary/aromatic N) is 2. The molecule has 1 aromatic carbocycles. The Bertz CT molecular complexity index is 411. The van der Waals surface area contributed by atoms with Gasteiger partial charge >= 0.3 is 0 Å². The van der Waals surface area contributed by atoms with Gasteiger partial charge in [-0.2, -0.15) is 0 Å². The maximum atomic E-state index is 5.79. The molecule has 120 valence electrons. The summed E-state index contributed by atoms with van der Waals surface area (Å²) < 4.78 is 0. The van der Waals surface area contributed by atoms with Gasteiger partial charge in [-0.15, -0.1) is 24.0 Å². The summed E-state index contributed by atoms with van der Waals surface area (Å²) in [4.78, 5) is 6.73. The Labute approximate surface area is 146 Å². The molecule has 0 saturated heterocycles. The first-order valence-electron chi connectivity index (χ1n) is 7.41. The molecule has 0 aliphatic rings. The van der Waals surface area contributed by atoms with E-state index in [1.807, 2.05) is 13.8 Å². The van der Waals surface area contributed by atoms with E-state index in [4.69, 9.17) is 5.73 Å². The van der Waals surface area contributed by atoms with Crippen molar-refractivity contribution in [3.05, 3.63) is 35.4 Å². The second-order valence-corrected chi connectivity index (χ2v) is 5.28. The fourth-order valence-corrected chi connectivity index (χ4v) is 1.97. The number of guanidine groups is 1. The number of nitrogens with one attached hydrogen (secondary N) is 1. The summed E-state index contributed by atoms with van der Waals surface area (Å²) in [6, 6.07) is 8.93. The molecule has 5 heteroatoms. The molecular formula is C16H29IN4. The van der Waals surface area contributed by atoms with Gasteiger partial charge in [0.1, 0.15) is 0 Å². The molecule has 4 nitrogen and oxygen atoms in total. The highest BCUT2D eigenvalue weighted by atomic mass is 127. The molecular weight excluding hydrogens is 375 g/mol. The third-order valence-corrected chi connectivity index (χ3v) is 3.19. The third kappa shape index (κ3) is 8.26. The van der Waals surface area contributed by atoms with Gasteiger partial charge in [0.2, 0.25) is 0 Å². The van der Waals surface area contributed by atoms with Crippen molar-refractivity contribution in [2.45, 2.75) is 46.8 Å². The molecule has 1 rings (SSSR count). The van der Waals surface area contributed by atoms with Crippen molar-refractivity contribution in [3.63, 3.8) is 0 Å². The first-order valence-corrected chi connectivity index (χ1v) is 7.41. The zero-order valence-electron chi connectivity index (χ0n) is 13.6. The van der Waals surface area contributed by atoms with Crippen LogP contribution in [0.4, 0.5) is 0 Å². The first kappa shape index (κ1) is 20.2. The first-order chi connectivity index (χ1) is 9.55. The number of hydrogen-bond acceptors (Lipinski definition) is 2. The zero-order valence-corrected chi connectivity index (χ0v) is 15.9. The van der Waals surface area contributed by atoms with Gasteiger partial charge in [0.25, 0.3) is 0 Å². The van der Waals surface area contributed by atoms with Crippen LogP contribution in [0.2, 0.25) is 0 Å². The number of rotatable bonds is 7. The lowest BCUT2D eigenvalue weighted by Crippen LogP contribution is -2.36. The normalized spacial score (nSPS) is 11.6. The minimum absolute atomic E-state index is 0. The van der Waals surface area contributed by atoms with Crippen molar-refractivity contribution in [3.8, 4) is 0 Å². The molecule has 1 aromatic rings. The lowest BCUT2D eigenvalue weighted by Gasteiger charge is -2.18. The van der Waals surface area contributed by atoms with Gasteiger partial charge in [-0.1, -0.05) is 38.1 Å². The zero-order chi connectivity index (χ0) is 15.0. The van der Waals surface area contributed by atoms with Crippen LogP contribution in [0.5, 0.6) is 0 Å². The maximum Gasteiger partial charge on any atom is 0.189 e. The van der Waals surface area contributed by atoms with Gasteiger partial charge in [0.05, 0.1) is 6.54 Å². The Morgan fingerprint density at radius 3 is 2.14 bits per heavy atom. The van der Waals surface area contributed by atoms with Crippen LogP contribution in [0.25, 0.3) is 0 Å². The quantitative estimate of drug-likeness (QED) is 0.418. The number of aliphatic imine (C=N–C) groups is 1. The highest BCUT2D eigenvalue weighted by Gasteiger charge is 2.01. The summed E-state index contributed by atoms with van der Waals surface area (Å²) in [5.74, 6) is 0.507.